The van der Waals surface area contributed by atoms with E-state index in [1.807, 2.05) is 24.4 Å². The molecule has 0 bridgehead atoms. The predicted octanol–water partition coefficient (Wildman–Crippen LogP) is 1.77. The first kappa shape index (κ1) is 12.0. The topological polar surface area (TPSA) is 41.5 Å². The van der Waals surface area contributed by atoms with Crippen molar-refractivity contribution in [2.24, 2.45) is 0 Å². The van der Waals surface area contributed by atoms with Crippen LogP contribution in [0, 0.1) is 0 Å². The normalized spacial score (nSPS) is 19.6. The first-order valence-corrected chi connectivity index (χ1v) is 6.60. The molecule has 1 fully saturated rings. The molecule has 1 aromatic heterocycles. The molecule has 1 saturated carbocycles. The molecule has 3 nitrogen and oxygen atoms in total. The molecule has 90 valence electrons. The average Bonchev–Trinajstić information content (AvgIpc) is 2.93. The van der Waals surface area contributed by atoms with Crippen molar-refractivity contribution in [3.63, 3.8) is 0 Å². The highest BCUT2D eigenvalue weighted by atomic mass is 32.1. The Morgan fingerprint density at radius 1 is 1.62 bits per heavy atom. The SMILES string of the molecule is CC(O)(CNC1CC1)COCc1cccs1. The molecule has 1 unspecified atom stereocenters. The van der Waals surface area contributed by atoms with Gasteiger partial charge in [-0.05, 0) is 31.2 Å². The van der Waals surface area contributed by atoms with E-state index >= 15 is 0 Å². The van der Waals surface area contributed by atoms with Crippen molar-refractivity contribution < 1.29 is 9.84 Å². The predicted molar refractivity (Wildman–Crippen MR) is 65.6 cm³/mol. The minimum absolute atomic E-state index is 0.380. The molecular weight excluding hydrogens is 222 g/mol. The molecule has 0 aliphatic heterocycles. The van der Waals surface area contributed by atoms with Crippen LogP contribution in [-0.2, 0) is 11.3 Å². The van der Waals surface area contributed by atoms with Gasteiger partial charge in [-0.3, -0.25) is 0 Å². The molecule has 2 N–H and O–H groups in total. The molecule has 0 spiro atoms. The van der Waals surface area contributed by atoms with Gasteiger partial charge in [0.15, 0.2) is 0 Å². The molecule has 1 heterocycles. The number of hydrogen-bond acceptors (Lipinski definition) is 4. The fraction of sp³-hybridized carbons (Fsp3) is 0.667. The van der Waals surface area contributed by atoms with Crippen molar-refractivity contribution in [1.29, 1.82) is 0 Å². The van der Waals surface area contributed by atoms with Crippen LogP contribution in [0.1, 0.15) is 24.6 Å². The third-order valence-corrected chi connectivity index (χ3v) is 3.44. The summed E-state index contributed by atoms with van der Waals surface area (Å²) >= 11 is 1.68. The fourth-order valence-electron chi connectivity index (χ4n) is 1.47. The number of aliphatic hydroxyl groups is 1. The summed E-state index contributed by atoms with van der Waals surface area (Å²) in [7, 11) is 0. The van der Waals surface area contributed by atoms with Crippen LogP contribution >= 0.6 is 11.3 Å². The van der Waals surface area contributed by atoms with Crippen molar-refractivity contribution in [3.8, 4) is 0 Å². The van der Waals surface area contributed by atoms with Crippen LogP contribution in [0.4, 0.5) is 0 Å². The highest BCUT2D eigenvalue weighted by Gasteiger charge is 2.26. The molecule has 1 aliphatic carbocycles. The summed E-state index contributed by atoms with van der Waals surface area (Å²) in [5.41, 5.74) is -0.764. The number of ether oxygens (including phenoxy) is 1. The zero-order valence-corrected chi connectivity index (χ0v) is 10.4. The Balaban J connectivity index is 1.62. The summed E-state index contributed by atoms with van der Waals surface area (Å²) in [4.78, 5) is 1.20. The highest BCUT2D eigenvalue weighted by molar-refractivity contribution is 7.09. The first-order valence-electron chi connectivity index (χ1n) is 5.72. The summed E-state index contributed by atoms with van der Waals surface area (Å²) in [6.07, 6.45) is 2.48. The van der Waals surface area contributed by atoms with E-state index in [1.165, 1.54) is 17.7 Å². The maximum atomic E-state index is 10.0. The van der Waals surface area contributed by atoms with E-state index in [-0.39, 0.29) is 0 Å². The van der Waals surface area contributed by atoms with Gasteiger partial charge in [0, 0.05) is 17.5 Å². The summed E-state index contributed by atoms with van der Waals surface area (Å²) in [5.74, 6) is 0. The van der Waals surface area contributed by atoms with Gasteiger partial charge < -0.3 is 15.2 Å². The lowest BCUT2D eigenvalue weighted by Gasteiger charge is -2.23. The molecule has 0 radical (unpaired) electrons. The van der Waals surface area contributed by atoms with Gasteiger partial charge in [0.2, 0.25) is 0 Å². The number of thiophene rings is 1. The van der Waals surface area contributed by atoms with Gasteiger partial charge in [0.1, 0.15) is 0 Å². The summed E-state index contributed by atoms with van der Waals surface area (Å²) < 4.78 is 5.52. The molecule has 4 heteroatoms. The molecule has 0 saturated heterocycles. The Hall–Kier alpha value is -0.420. The van der Waals surface area contributed by atoms with Crippen molar-refractivity contribution in [1.82, 2.24) is 5.32 Å². The lowest BCUT2D eigenvalue weighted by atomic mass is 10.1. The second-order valence-electron chi connectivity index (χ2n) is 4.72. The second kappa shape index (κ2) is 5.27. The van der Waals surface area contributed by atoms with Gasteiger partial charge in [-0.1, -0.05) is 6.07 Å². The van der Waals surface area contributed by atoms with E-state index < -0.39 is 5.60 Å². The smallest absolute Gasteiger partial charge is 0.0975 e. The third-order valence-electron chi connectivity index (χ3n) is 2.59. The molecule has 1 aromatic rings. The van der Waals surface area contributed by atoms with Crippen LogP contribution in [0.15, 0.2) is 17.5 Å². The van der Waals surface area contributed by atoms with E-state index in [2.05, 4.69) is 5.32 Å². The monoisotopic (exact) mass is 241 g/mol. The van der Waals surface area contributed by atoms with Crippen LogP contribution in [0.25, 0.3) is 0 Å². The largest absolute Gasteiger partial charge is 0.386 e. The molecule has 0 aromatic carbocycles. The molecule has 1 atom stereocenters. The molecule has 2 rings (SSSR count). The lowest BCUT2D eigenvalue weighted by molar-refractivity contribution is -0.0376. The fourth-order valence-corrected chi connectivity index (χ4v) is 2.11. The van der Waals surface area contributed by atoms with Crippen molar-refractivity contribution in [2.75, 3.05) is 13.2 Å². The zero-order valence-electron chi connectivity index (χ0n) is 9.61. The third kappa shape index (κ3) is 4.22. The van der Waals surface area contributed by atoms with Gasteiger partial charge in [-0.25, -0.2) is 0 Å². The zero-order chi connectivity index (χ0) is 11.4. The summed E-state index contributed by atoms with van der Waals surface area (Å²) in [5, 5.41) is 15.4. The lowest BCUT2D eigenvalue weighted by Crippen LogP contribution is -2.42. The number of nitrogens with one attached hydrogen (secondary N) is 1. The minimum Gasteiger partial charge on any atom is -0.386 e. The minimum atomic E-state index is -0.764. The molecular formula is C12H19NO2S. The highest BCUT2D eigenvalue weighted by Crippen LogP contribution is 2.19. The van der Waals surface area contributed by atoms with Crippen LogP contribution in [0.2, 0.25) is 0 Å². The molecule has 16 heavy (non-hydrogen) atoms. The maximum Gasteiger partial charge on any atom is 0.0975 e. The van der Waals surface area contributed by atoms with Gasteiger partial charge in [0.25, 0.3) is 0 Å². The number of rotatable bonds is 7. The van der Waals surface area contributed by atoms with Gasteiger partial charge >= 0.3 is 0 Å². The van der Waals surface area contributed by atoms with E-state index in [1.54, 1.807) is 11.3 Å². The Bertz CT molecular complexity index is 307. The van der Waals surface area contributed by atoms with E-state index in [0.29, 0.717) is 25.8 Å². The van der Waals surface area contributed by atoms with Crippen LogP contribution in [0.3, 0.4) is 0 Å². The van der Waals surface area contributed by atoms with Crippen LogP contribution in [0.5, 0.6) is 0 Å². The average molecular weight is 241 g/mol. The van der Waals surface area contributed by atoms with Crippen molar-refractivity contribution >= 4 is 11.3 Å². The van der Waals surface area contributed by atoms with Crippen molar-refractivity contribution in [2.45, 2.75) is 38.0 Å². The Morgan fingerprint density at radius 2 is 2.44 bits per heavy atom. The van der Waals surface area contributed by atoms with E-state index in [4.69, 9.17) is 4.74 Å². The molecule has 1 aliphatic rings. The quantitative estimate of drug-likeness (QED) is 0.764. The van der Waals surface area contributed by atoms with Gasteiger partial charge in [-0.2, -0.15) is 0 Å². The standard InChI is InChI=1S/C12H19NO2S/c1-12(14,8-13-10-4-5-10)9-15-7-11-3-2-6-16-11/h2-3,6,10,13-14H,4-5,7-9H2,1H3. The van der Waals surface area contributed by atoms with Crippen LogP contribution < -0.4 is 5.32 Å². The van der Waals surface area contributed by atoms with E-state index in [0.717, 1.165) is 0 Å². The van der Waals surface area contributed by atoms with Crippen LogP contribution in [-0.4, -0.2) is 29.9 Å². The Labute approximate surface area is 100 Å². The van der Waals surface area contributed by atoms with Crippen molar-refractivity contribution in [3.05, 3.63) is 22.4 Å². The number of hydrogen-bond donors (Lipinski definition) is 2. The second-order valence-corrected chi connectivity index (χ2v) is 5.76. The summed E-state index contributed by atoms with van der Waals surface area (Å²) in [6, 6.07) is 4.68. The Morgan fingerprint density at radius 3 is 3.06 bits per heavy atom. The maximum absolute atomic E-state index is 10.0. The molecule has 0 amide bonds. The van der Waals surface area contributed by atoms with Gasteiger partial charge in [-0.15, -0.1) is 11.3 Å². The van der Waals surface area contributed by atoms with Gasteiger partial charge in [0.05, 0.1) is 18.8 Å². The van der Waals surface area contributed by atoms with E-state index in [9.17, 15) is 5.11 Å². The summed E-state index contributed by atoms with van der Waals surface area (Å²) in [6.45, 7) is 3.40. The Kier molecular flexibility index (Phi) is 3.97. The first-order chi connectivity index (χ1) is 7.66.